The van der Waals surface area contributed by atoms with Crippen molar-refractivity contribution in [1.82, 2.24) is 4.98 Å². The normalized spacial score (nSPS) is 11.6. The van der Waals surface area contributed by atoms with Crippen molar-refractivity contribution in [1.29, 1.82) is 0 Å². The summed E-state index contributed by atoms with van der Waals surface area (Å²) in [6.45, 7) is 6.18. The van der Waals surface area contributed by atoms with Crippen LogP contribution in [0.5, 0.6) is 0 Å². The fraction of sp³-hybridized carbons (Fsp3) is 0.217. The number of hydrogen-bond donors (Lipinski definition) is 1. The Bertz CT molecular complexity index is 804. The second-order valence-electron chi connectivity index (χ2n) is 6.31. The molecule has 0 aliphatic rings. The third-order valence-electron chi connectivity index (χ3n) is 4.64. The molecule has 4 heteroatoms. The Morgan fingerprint density at radius 1 is 0.926 bits per heavy atom. The Balaban J connectivity index is 1.83. The Hall–Kier alpha value is -3.14. The molecule has 0 fully saturated rings. The monoisotopic (exact) mass is 359 g/mol. The van der Waals surface area contributed by atoms with Crippen LogP contribution in [0.1, 0.15) is 31.0 Å². The van der Waals surface area contributed by atoms with E-state index in [9.17, 15) is 4.79 Å². The molecule has 4 nitrogen and oxygen atoms in total. The van der Waals surface area contributed by atoms with E-state index in [1.165, 1.54) is 0 Å². The predicted molar refractivity (Wildman–Crippen MR) is 111 cm³/mol. The number of nitrogens with zero attached hydrogens (tertiary/aromatic N) is 2. The van der Waals surface area contributed by atoms with Gasteiger partial charge in [0.15, 0.2) is 0 Å². The maximum Gasteiger partial charge on any atom is 0.237 e. The van der Waals surface area contributed by atoms with Crippen LogP contribution in [0, 0.1) is 0 Å². The molecule has 1 atom stereocenters. The molecule has 27 heavy (non-hydrogen) atoms. The Morgan fingerprint density at radius 2 is 1.59 bits per heavy atom. The highest BCUT2D eigenvalue weighted by atomic mass is 16.1. The fourth-order valence-corrected chi connectivity index (χ4v) is 3.21. The van der Waals surface area contributed by atoms with Crippen LogP contribution in [0.15, 0.2) is 79.0 Å². The van der Waals surface area contributed by atoms with Crippen LogP contribution in [0.25, 0.3) is 0 Å². The highest BCUT2D eigenvalue weighted by Crippen LogP contribution is 2.25. The van der Waals surface area contributed by atoms with Gasteiger partial charge in [0, 0.05) is 30.7 Å². The minimum Gasteiger partial charge on any atom is -0.372 e. The van der Waals surface area contributed by atoms with Gasteiger partial charge in [-0.1, -0.05) is 36.4 Å². The largest absolute Gasteiger partial charge is 0.372 e. The molecule has 1 aromatic heterocycles. The molecule has 0 aliphatic heterocycles. The van der Waals surface area contributed by atoms with Gasteiger partial charge in [0.1, 0.15) is 5.92 Å². The molecule has 0 saturated heterocycles. The van der Waals surface area contributed by atoms with Crippen LogP contribution < -0.4 is 10.2 Å². The van der Waals surface area contributed by atoms with E-state index < -0.39 is 5.92 Å². The maximum absolute atomic E-state index is 13.1. The number of aromatic nitrogens is 1. The number of amides is 1. The number of rotatable bonds is 7. The second-order valence-corrected chi connectivity index (χ2v) is 6.31. The minimum absolute atomic E-state index is 0.0875. The van der Waals surface area contributed by atoms with E-state index in [1.54, 1.807) is 6.20 Å². The van der Waals surface area contributed by atoms with E-state index in [2.05, 4.69) is 29.0 Å². The lowest BCUT2D eigenvalue weighted by Gasteiger charge is -2.21. The number of hydrogen-bond acceptors (Lipinski definition) is 3. The van der Waals surface area contributed by atoms with E-state index in [1.807, 2.05) is 72.8 Å². The minimum atomic E-state index is -0.449. The molecular weight excluding hydrogens is 334 g/mol. The van der Waals surface area contributed by atoms with Crippen molar-refractivity contribution in [2.24, 2.45) is 0 Å². The van der Waals surface area contributed by atoms with Crippen LogP contribution in [0.3, 0.4) is 0 Å². The third kappa shape index (κ3) is 4.53. The summed E-state index contributed by atoms with van der Waals surface area (Å²) in [7, 11) is 0. The van der Waals surface area contributed by atoms with E-state index in [0.29, 0.717) is 0 Å². The zero-order valence-electron chi connectivity index (χ0n) is 15.8. The molecule has 1 unspecified atom stereocenters. The quantitative estimate of drug-likeness (QED) is 0.665. The maximum atomic E-state index is 13.1. The average Bonchev–Trinajstić information content (AvgIpc) is 2.72. The van der Waals surface area contributed by atoms with Crippen molar-refractivity contribution >= 4 is 17.3 Å². The fourth-order valence-electron chi connectivity index (χ4n) is 3.21. The summed E-state index contributed by atoms with van der Waals surface area (Å²) < 4.78 is 0. The Labute approximate surface area is 160 Å². The first-order chi connectivity index (χ1) is 13.2. The third-order valence-corrected chi connectivity index (χ3v) is 4.64. The lowest BCUT2D eigenvalue weighted by Crippen LogP contribution is -2.23. The topological polar surface area (TPSA) is 45.2 Å². The SMILES string of the molecule is CCN(CC)c1ccc(NC(=O)C(c2ccccc2)c2ccccn2)cc1. The highest BCUT2D eigenvalue weighted by Gasteiger charge is 2.23. The van der Waals surface area contributed by atoms with E-state index in [-0.39, 0.29) is 5.91 Å². The molecule has 1 heterocycles. The zero-order valence-corrected chi connectivity index (χ0v) is 15.8. The van der Waals surface area contributed by atoms with Crippen LogP contribution >= 0.6 is 0 Å². The molecule has 0 spiro atoms. The van der Waals surface area contributed by atoms with Crippen LogP contribution in [0.4, 0.5) is 11.4 Å². The number of carbonyl (C=O) groups is 1. The number of anilines is 2. The molecule has 3 rings (SSSR count). The van der Waals surface area contributed by atoms with Gasteiger partial charge in [0.2, 0.25) is 5.91 Å². The van der Waals surface area contributed by atoms with E-state index >= 15 is 0 Å². The smallest absolute Gasteiger partial charge is 0.237 e. The zero-order chi connectivity index (χ0) is 19.1. The van der Waals surface area contributed by atoms with Gasteiger partial charge in [-0.25, -0.2) is 0 Å². The van der Waals surface area contributed by atoms with E-state index in [0.717, 1.165) is 35.7 Å². The predicted octanol–water partition coefficient (Wildman–Crippen LogP) is 4.70. The first kappa shape index (κ1) is 18.6. The summed E-state index contributed by atoms with van der Waals surface area (Å²) in [5, 5.41) is 3.04. The summed E-state index contributed by atoms with van der Waals surface area (Å²) in [5.41, 5.74) is 3.60. The average molecular weight is 359 g/mol. The molecule has 138 valence electrons. The Morgan fingerprint density at radius 3 is 2.19 bits per heavy atom. The Kier molecular flexibility index (Phi) is 6.21. The van der Waals surface area contributed by atoms with Gasteiger partial charge in [-0.3, -0.25) is 9.78 Å². The first-order valence-electron chi connectivity index (χ1n) is 9.34. The molecule has 3 aromatic rings. The van der Waals surface area contributed by atoms with Crippen molar-refractivity contribution < 1.29 is 4.79 Å². The summed E-state index contributed by atoms with van der Waals surface area (Å²) in [4.78, 5) is 19.8. The summed E-state index contributed by atoms with van der Waals surface area (Å²) in [6, 6.07) is 23.4. The van der Waals surface area contributed by atoms with Crippen LogP contribution in [-0.2, 0) is 4.79 Å². The van der Waals surface area contributed by atoms with Crippen molar-refractivity contribution in [2.45, 2.75) is 19.8 Å². The van der Waals surface area contributed by atoms with Gasteiger partial charge >= 0.3 is 0 Å². The number of pyridine rings is 1. The van der Waals surface area contributed by atoms with E-state index in [4.69, 9.17) is 0 Å². The molecule has 1 N–H and O–H groups in total. The molecular formula is C23H25N3O. The van der Waals surface area contributed by atoms with Crippen LogP contribution in [-0.4, -0.2) is 24.0 Å². The van der Waals surface area contributed by atoms with Crippen molar-refractivity contribution in [3.8, 4) is 0 Å². The van der Waals surface area contributed by atoms with Gasteiger partial charge in [-0.05, 0) is 55.8 Å². The standard InChI is InChI=1S/C23H25N3O/c1-3-26(4-2)20-15-13-19(14-16-20)25-23(27)22(18-10-6-5-7-11-18)21-12-8-9-17-24-21/h5-17,22H,3-4H2,1-2H3,(H,25,27). The van der Waals surface area contributed by atoms with Crippen molar-refractivity contribution in [3.63, 3.8) is 0 Å². The number of nitrogens with one attached hydrogen (secondary N) is 1. The summed E-state index contributed by atoms with van der Waals surface area (Å²) in [6.07, 6.45) is 1.72. The lowest BCUT2D eigenvalue weighted by molar-refractivity contribution is -0.116. The van der Waals surface area contributed by atoms with Gasteiger partial charge in [0.05, 0.1) is 5.69 Å². The molecule has 0 bridgehead atoms. The van der Waals surface area contributed by atoms with Crippen molar-refractivity contribution in [3.05, 3.63) is 90.3 Å². The van der Waals surface area contributed by atoms with Gasteiger partial charge < -0.3 is 10.2 Å². The molecule has 2 aromatic carbocycles. The number of benzene rings is 2. The second kappa shape index (κ2) is 8.99. The molecule has 0 aliphatic carbocycles. The number of carbonyl (C=O) groups excluding carboxylic acids is 1. The molecule has 1 amide bonds. The lowest BCUT2D eigenvalue weighted by atomic mass is 9.94. The molecule has 0 saturated carbocycles. The summed E-state index contributed by atoms with van der Waals surface area (Å²) >= 11 is 0. The van der Waals surface area contributed by atoms with Gasteiger partial charge in [0.25, 0.3) is 0 Å². The molecule has 0 radical (unpaired) electrons. The summed E-state index contributed by atoms with van der Waals surface area (Å²) in [5.74, 6) is -0.537. The van der Waals surface area contributed by atoms with Crippen LogP contribution in [0.2, 0.25) is 0 Å². The highest BCUT2D eigenvalue weighted by molar-refractivity contribution is 5.98. The van der Waals surface area contributed by atoms with Gasteiger partial charge in [-0.15, -0.1) is 0 Å². The van der Waals surface area contributed by atoms with Crippen molar-refractivity contribution in [2.75, 3.05) is 23.3 Å². The van der Waals surface area contributed by atoms with Gasteiger partial charge in [-0.2, -0.15) is 0 Å². The first-order valence-corrected chi connectivity index (χ1v) is 9.34.